The Morgan fingerprint density at radius 2 is 2.56 bits per heavy atom. The number of rotatable bonds is 3. The average Bonchev–Trinajstić information content (AvgIpc) is 1.95. The van der Waals surface area contributed by atoms with Crippen LogP contribution in [0, 0.1) is 5.92 Å². The molecule has 0 unspecified atom stereocenters. The first-order valence-corrected chi connectivity index (χ1v) is 2.31. The fraction of sp³-hybridized carbons (Fsp3) is 0.833. The highest BCUT2D eigenvalue weighted by atomic mass is 16.4. The summed E-state index contributed by atoms with van der Waals surface area (Å²) in [6.07, 6.45) is -0.963. The molecule has 0 amide bonds. The fourth-order valence-electron chi connectivity index (χ4n) is 0.307. The van der Waals surface area contributed by atoms with Gasteiger partial charge in [0.2, 0.25) is 0 Å². The second kappa shape index (κ2) is 3.45. The Morgan fingerprint density at radius 1 is 2.00 bits per heavy atom. The van der Waals surface area contributed by atoms with Crippen molar-refractivity contribution in [2.45, 2.75) is 26.1 Å². The summed E-state index contributed by atoms with van der Waals surface area (Å²) in [4.78, 5) is 10.5. The van der Waals surface area contributed by atoms with Gasteiger partial charge in [0.05, 0.1) is 1.37 Å². The van der Waals surface area contributed by atoms with Gasteiger partial charge < -0.3 is 10.8 Å². The highest BCUT2D eigenvalue weighted by Crippen LogP contribution is 2.01. The van der Waals surface area contributed by atoms with Crippen molar-refractivity contribution in [1.29, 1.82) is 0 Å². The molecule has 0 aromatic heterocycles. The van der Waals surface area contributed by atoms with Gasteiger partial charge in [0.15, 0.2) is 0 Å². The molecule has 3 N–H and O–H groups in total. The molecule has 0 aliphatic carbocycles. The normalized spacial score (nSPS) is 31.6. The van der Waals surface area contributed by atoms with Gasteiger partial charge in [0, 0.05) is 8.22 Å². The van der Waals surface area contributed by atoms with Crippen LogP contribution in [-0.2, 0) is 4.79 Å². The summed E-state index contributed by atoms with van der Waals surface area (Å²) in [6.45, 7) is -5.77. The molecule has 0 bridgehead atoms. The van der Waals surface area contributed by atoms with Crippen LogP contribution in [-0.4, -0.2) is 17.1 Å². The summed E-state index contributed by atoms with van der Waals surface area (Å²) in [7, 11) is 0. The molecule has 3 heteroatoms. The first-order chi connectivity index (χ1) is 6.78. The third kappa shape index (κ3) is 3.97. The second-order valence-corrected chi connectivity index (χ2v) is 1.59. The van der Waals surface area contributed by atoms with Crippen molar-refractivity contribution in [3.05, 3.63) is 0 Å². The number of carbonyl (C=O) groups is 1. The molecule has 0 aliphatic heterocycles. The molecule has 0 rings (SSSR count). The lowest BCUT2D eigenvalue weighted by Gasteiger charge is -2.07. The van der Waals surface area contributed by atoms with Crippen LogP contribution in [0.1, 0.15) is 29.7 Å². The van der Waals surface area contributed by atoms with Crippen LogP contribution in [0.25, 0.3) is 0 Å². The van der Waals surface area contributed by atoms with Gasteiger partial charge in [-0.3, -0.25) is 4.79 Å². The van der Waals surface area contributed by atoms with E-state index < -0.39 is 38.0 Å². The lowest BCUT2D eigenvalue weighted by molar-refractivity contribution is -0.138. The zero-order chi connectivity index (χ0) is 13.4. The van der Waals surface area contributed by atoms with E-state index in [2.05, 4.69) is 0 Å². The lowest BCUT2D eigenvalue weighted by Crippen LogP contribution is -2.31. The molecule has 3 nitrogen and oxygen atoms in total. The standard InChI is InChI=1S/C6H13NO2/c1-4(2)3-5(7)6(8)9/h4-5H,3,7H2,1-2H3,(H,8,9)/t5-/m0/s1/i1D3,2D3,5D. The van der Waals surface area contributed by atoms with Crippen LogP contribution in [0.5, 0.6) is 0 Å². The van der Waals surface area contributed by atoms with Crippen molar-refractivity contribution >= 4 is 5.97 Å². The van der Waals surface area contributed by atoms with Gasteiger partial charge >= 0.3 is 5.97 Å². The summed E-state index contributed by atoms with van der Waals surface area (Å²) >= 11 is 0. The Labute approximate surface area is 64.7 Å². The van der Waals surface area contributed by atoms with Crippen LogP contribution < -0.4 is 5.73 Å². The smallest absolute Gasteiger partial charge is 0.320 e. The number of nitrogens with two attached hydrogens (primary N) is 1. The minimum absolute atomic E-state index is 0.963. The molecule has 0 aromatic carbocycles. The minimum atomic E-state index is -2.88. The van der Waals surface area contributed by atoms with E-state index in [9.17, 15) is 4.79 Å². The molecular formula is C6H13NO2. The molecule has 54 valence electrons. The Morgan fingerprint density at radius 3 is 2.89 bits per heavy atom. The molecule has 0 saturated carbocycles. The third-order valence-corrected chi connectivity index (χ3v) is 0.699. The first-order valence-electron chi connectivity index (χ1n) is 5.81. The van der Waals surface area contributed by atoms with Gasteiger partial charge in [-0.25, -0.2) is 0 Å². The van der Waals surface area contributed by atoms with E-state index >= 15 is 0 Å². The SMILES string of the molecule is [2H]C([2H])([2H])C(C[C@]([2H])(N)C(=O)O)C([2H])([2H])[2H]. The summed E-state index contributed by atoms with van der Waals surface area (Å²) in [5, 5.41) is 8.54. The van der Waals surface area contributed by atoms with Crippen LogP contribution in [0.4, 0.5) is 0 Å². The predicted octanol–water partition coefficient (Wildman–Crippen LogP) is 0.444. The van der Waals surface area contributed by atoms with Gasteiger partial charge in [-0.15, -0.1) is 0 Å². The topological polar surface area (TPSA) is 63.3 Å². The fourth-order valence-corrected chi connectivity index (χ4v) is 0.307. The van der Waals surface area contributed by atoms with Crippen LogP contribution in [0.2, 0.25) is 0 Å². The monoisotopic (exact) mass is 138 g/mol. The van der Waals surface area contributed by atoms with Gasteiger partial charge in [-0.1, -0.05) is 13.7 Å². The molecule has 0 radical (unpaired) electrons. The Balaban J connectivity index is 5.06. The van der Waals surface area contributed by atoms with Gasteiger partial charge in [0.25, 0.3) is 0 Å². The van der Waals surface area contributed by atoms with Crippen molar-refractivity contribution < 1.29 is 19.5 Å². The van der Waals surface area contributed by atoms with Crippen LogP contribution >= 0.6 is 0 Å². The van der Waals surface area contributed by atoms with E-state index in [4.69, 9.17) is 20.4 Å². The number of carboxylic acid groups (broad SMARTS) is 1. The summed E-state index contributed by atoms with van der Waals surface area (Å²) < 4.78 is 49.2. The van der Waals surface area contributed by atoms with Crippen LogP contribution in [0.3, 0.4) is 0 Å². The predicted molar refractivity (Wildman–Crippen MR) is 35.1 cm³/mol. The molecule has 0 saturated heterocycles. The van der Waals surface area contributed by atoms with Crippen molar-refractivity contribution in [2.24, 2.45) is 11.7 Å². The first kappa shape index (κ1) is 2.23. The molecule has 0 fully saturated rings. The van der Waals surface area contributed by atoms with Gasteiger partial charge in [0.1, 0.15) is 6.02 Å². The van der Waals surface area contributed by atoms with Crippen molar-refractivity contribution in [1.82, 2.24) is 0 Å². The Kier molecular flexibility index (Phi) is 0.858. The molecule has 0 heterocycles. The highest BCUT2D eigenvalue weighted by molar-refractivity contribution is 5.72. The number of aliphatic carboxylic acids is 1. The second-order valence-electron chi connectivity index (χ2n) is 1.59. The maximum absolute atomic E-state index is 10.5. The molecule has 0 aliphatic rings. The quantitative estimate of drug-likeness (QED) is 0.595. The number of hydrogen-bond donors (Lipinski definition) is 2. The van der Waals surface area contributed by atoms with E-state index in [-0.39, 0.29) is 0 Å². The average molecular weight is 138 g/mol. The molecular weight excluding hydrogens is 118 g/mol. The lowest BCUT2D eigenvalue weighted by atomic mass is 10.1. The largest absolute Gasteiger partial charge is 0.480 e. The van der Waals surface area contributed by atoms with Crippen molar-refractivity contribution in [2.75, 3.05) is 0 Å². The number of carboxylic acids is 1. The van der Waals surface area contributed by atoms with Crippen molar-refractivity contribution in [3.63, 3.8) is 0 Å². The summed E-state index contributed by atoms with van der Waals surface area (Å²) in [6, 6.07) is -2.62. The summed E-state index contributed by atoms with van der Waals surface area (Å²) in [5.74, 6) is -3.69. The Bertz CT molecular complexity index is 255. The Hall–Kier alpha value is -0.570. The maximum atomic E-state index is 10.5. The van der Waals surface area contributed by atoms with E-state index in [1.807, 2.05) is 0 Å². The zero-order valence-electron chi connectivity index (χ0n) is 11.7. The zero-order valence-corrected chi connectivity index (χ0v) is 4.72. The third-order valence-electron chi connectivity index (χ3n) is 0.699. The van der Waals surface area contributed by atoms with Gasteiger partial charge in [-0.2, -0.15) is 0 Å². The van der Waals surface area contributed by atoms with Crippen molar-refractivity contribution in [3.8, 4) is 0 Å². The van der Waals surface area contributed by atoms with Crippen LogP contribution in [0.15, 0.2) is 0 Å². The number of hydrogen-bond acceptors (Lipinski definition) is 2. The molecule has 0 aromatic rings. The van der Waals surface area contributed by atoms with Gasteiger partial charge in [-0.05, 0) is 12.3 Å². The van der Waals surface area contributed by atoms with E-state index in [0.717, 1.165) is 0 Å². The maximum Gasteiger partial charge on any atom is 0.320 e. The van der Waals surface area contributed by atoms with E-state index in [1.54, 1.807) is 0 Å². The van der Waals surface area contributed by atoms with E-state index in [1.165, 1.54) is 0 Å². The van der Waals surface area contributed by atoms with E-state index in [0.29, 0.717) is 0 Å². The highest BCUT2D eigenvalue weighted by Gasteiger charge is 2.11. The molecule has 9 heavy (non-hydrogen) atoms. The molecule has 1 atom stereocenters. The molecule has 0 spiro atoms. The summed E-state index contributed by atoms with van der Waals surface area (Å²) in [5.41, 5.74) is 5.02. The minimum Gasteiger partial charge on any atom is -0.480 e.